The van der Waals surface area contributed by atoms with E-state index in [0.29, 0.717) is 0 Å². The lowest BCUT2D eigenvalue weighted by Gasteiger charge is -2.08. The Kier molecular flexibility index (Phi) is 4.10. The van der Waals surface area contributed by atoms with Gasteiger partial charge in [-0.3, -0.25) is 4.98 Å². The van der Waals surface area contributed by atoms with Crippen LogP contribution < -0.4 is 5.32 Å². The van der Waals surface area contributed by atoms with Gasteiger partial charge in [0.15, 0.2) is 5.82 Å². The Morgan fingerprint density at radius 2 is 2.10 bits per heavy atom. The second-order valence-electron chi connectivity index (χ2n) is 4.88. The molecular formula is C16H18N4S. The first kappa shape index (κ1) is 13.9. The molecule has 0 bridgehead atoms. The van der Waals surface area contributed by atoms with E-state index < -0.39 is 0 Å². The summed E-state index contributed by atoms with van der Waals surface area (Å²) >= 11 is 1.69. The van der Waals surface area contributed by atoms with Crippen molar-refractivity contribution < 1.29 is 0 Å². The Hall–Kier alpha value is -2.01. The van der Waals surface area contributed by atoms with E-state index in [2.05, 4.69) is 45.6 Å². The molecular weight excluding hydrogens is 280 g/mol. The summed E-state index contributed by atoms with van der Waals surface area (Å²) in [6, 6.07) is 6.17. The summed E-state index contributed by atoms with van der Waals surface area (Å²) in [5.41, 5.74) is 3.05. The van der Waals surface area contributed by atoms with Crippen molar-refractivity contribution in [2.45, 2.75) is 26.7 Å². The number of anilines is 1. The van der Waals surface area contributed by atoms with Crippen molar-refractivity contribution in [2.24, 2.45) is 0 Å². The molecule has 3 heterocycles. The number of thiophene rings is 1. The molecule has 3 aromatic heterocycles. The number of pyridine rings is 1. The van der Waals surface area contributed by atoms with Crippen LogP contribution in [0.2, 0.25) is 0 Å². The lowest BCUT2D eigenvalue weighted by Crippen LogP contribution is -2.05. The molecule has 0 amide bonds. The Balaban J connectivity index is 2.02. The van der Waals surface area contributed by atoms with Gasteiger partial charge in [-0.2, -0.15) is 0 Å². The van der Waals surface area contributed by atoms with Crippen LogP contribution >= 0.6 is 11.3 Å². The second-order valence-corrected chi connectivity index (χ2v) is 5.82. The molecule has 0 unspecified atom stereocenters. The summed E-state index contributed by atoms with van der Waals surface area (Å²) in [5, 5.41) is 5.40. The molecule has 0 aliphatic rings. The number of rotatable bonds is 5. The highest BCUT2D eigenvalue weighted by molar-refractivity contribution is 7.17. The SMILES string of the molecule is CCCNc1cc(CC)nc(-c2cnc3ccsc3c2)n1. The molecule has 0 saturated carbocycles. The van der Waals surface area contributed by atoms with Crippen LogP contribution in [0, 0.1) is 0 Å². The van der Waals surface area contributed by atoms with Crippen molar-refractivity contribution >= 4 is 27.4 Å². The van der Waals surface area contributed by atoms with Gasteiger partial charge in [-0.25, -0.2) is 9.97 Å². The molecule has 5 heteroatoms. The maximum Gasteiger partial charge on any atom is 0.163 e. The van der Waals surface area contributed by atoms with Crippen LogP contribution in [0.25, 0.3) is 21.6 Å². The van der Waals surface area contributed by atoms with Gasteiger partial charge in [0, 0.05) is 30.1 Å². The third kappa shape index (κ3) is 3.03. The van der Waals surface area contributed by atoms with Gasteiger partial charge in [0.1, 0.15) is 5.82 Å². The highest BCUT2D eigenvalue weighted by Gasteiger charge is 2.08. The second kappa shape index (κ2) is 6.18. The van der Waals surface area contributed by atoms with Crippen LogP contribution in [0.1, 0.15) is 26.0 Å². The summed E-state index contributed by atoms with van der Waals surface area (Å²) in [4.78, 5) is 13.7. The van der Waals surface area contributed by atoms with Crippen molar-refractivity contribution in [3.05, 3.63) is 35.5 Å². The van der Waals surface area contributed by atoms with Gasteiger partial charge in [-0.05, 0) is 30.4 Å². The van der Waals surface area contributed by atoms with Gasteiger partial charge >= 0.3 is 0 Å². The Morgan fingerprint density at radius 1 is 1.19 bits per heavy atom. The van der Waals surface area contributed by atoms with Gasteiger partial charge < -0.3 is 5.32 Å². The van der Waals surface area contributed by atoms with E-state index in [0.717, 1.165) is 47.8 Å². The molecule has 1 N–H and O–H groups in total. The molecule has 0 spiro atoms. The lowest BCUT2D eigenvalue weighted by molar-refractivity contribution is 0.951. The maximum absolute atomic E-state index is 4.63. The molecule has 0 atom stereocenters. The first-order valence-corrected chi connectivity index (χ1v) is 8.13. The number of aryl methyl sites for hydroxylation is 1. The third-order valence-corrected chi connectivity index (χ3v) is 4.11. The molecule has 0 aromatic carbocycles. The minimum Gasteiger partial charge on any atom is -0.370 e. The highest BCUT2D eigenvalue weighted by Crippen LogP contribution is 2.25. The van der Waals surface area contributed by atoms with Crippen LogP contribution in [0.5, 0.6) is 0 Å². The molecule has 0 fully saturated rings. The number of nitrogens with one attached hydrogen (secondary N) is 1. The molecule has 3 aromatic rings. The zero-order chi connectivity index (χ0) is 14.7. The van der Waals surface area contributed by atoms with Crippen LogP contribution in [0.15, 0.2) is 29.8 Å². The minimum atomic E-state index is 0.746. The van der Waals surface area contributed by atoms with E-state index in [1.54, 1.807) is 11.3 Å². The molecule has 0 saturated heterocycles. The van der Waals surface area contributed by atoms with Crippen molar-refractivity contribution in [2.75, 3.05) is 11.9 Å². The normalized spacial score (nSPS) is 11.0. The molecule has 108 valence electrons. The van der Waals surface area contributed by atoms with Crippen molar-refractivity contribution in [3.8, 4) is 11.4 Å². The molecule has 4 nitrogen and oxygen atoms in total. The topological polar surface area (TPSA) is 50.7 Å². The third-order valence-electron chi connectivity index (χ3n) is 3.26. The van der Waals surface area contributed by atoms with Gasteiger partial charge in [0.2, 0.25) is 0 Å². The number of nitrogens with zero attached hydrogens (tertiary/aromatic N) is 3. The quantitative estimate of drug-likeness (QED) is 0.769. The molecule has 21 heavy (non-hydrogen) atoms. The minimum absolute atomic E-state index is 0.746. The predicted octanol–water partition coefficient (Wildman–Crippen LogP) is 4.14. The van der Waals surface area contributed by atoms with E-state index >= 15 is 0 Å². The largest absolute Gasteiger partial charge is 0.370 e. The summed E-state index contributed by atoms with van der Waals surface area (Å²) in [5.74, 6) is 1.64. The van der Waals surface area contributed by atoms with Crippen LogP contribution in [-0.2, 0) is 6.42 Å². The van der Waals surface area contributed by atoms with Gasteiger partial charge in [0.05, 0.1) is 10.2 Å². The maximum atomic E-state index is 4.63. The standard InChI is InChI=1S/C16H18N4S/c1-3-6-17-15-9-12(4-2)19-16(20-15)11-8-14-13(18-10-11)5-7-21-14/h5,7-10H,3-4,6H2,1-2H3,(H,17,19,20). The van der Waals surface area contributed by atoms with Crippen LogP contribution in [0.3, 0.4) is 0 Å². The Morgan fingerprint density at radius 3 is 2.90 bits per heavy atom. The number of hydrogen-bond donors (Lipinski definition) is 1. The first-order chi connectivity index (χ1) is 10.3. The van der Waals surface area contributed by atoms with Crippen LogP contribution in [0.4, 0.5) is 5.82 Å². The van der Waals surface area contributed by atoms with Gasteiger partial charge in [0.25, 0.3) is 0 Å². The fraction of sp³-hybridized carbons (Fsp3) is 0.312. The smallest absolute Gasteiger partial charge is 0.163 e. The fourth-order valence-corrected chi connectivity index (χ4v) is 2.90. The zero-order valence-electron chi connectivity index (χ0n) is 12.3. The lowest BCUT2D eigenvalue weighted by atomic mass is 10.2. The number of fused-ring (bicyclic) bond motifs is 1. The summed E-state index contributed by atoms with van der Waals surface area (Å²) < 4.78 is 1.17. The summed E-state index contributed by atoms with van der Waals surface area (Å²) in [6.07, 6.45) is 3.82. The number of aromatic nitrogens is 3. The van der Waals surface area contributed by atoms with Crippen LogP contribution in [-0.4, -0.2) is 21.5 Å². The zero-order valence-corrected chi connectivity index (χ0v) is 13.1. The van der Waals surface area contributed by atoms with Crippen molar-refractivity contribution in [1.29, 1.82) is 0 Å². The molecule has 0 aliphatic carbocycles. The van der Waals surface area contributed by atoms with E-state index in [-0.39, 0.29) is 0 Å². The molecule has 0 radical (unpaired) electrons. The van der Waals surface area contributed by atoms with Crippen molar-refractivity contribution in [3.63, 3.8) is 0 Å². The first-order valence-electron chi connectivity index (χ1n) is 7.25. The van der Waals surface area contributed by atoms with Gasteiger partial charge in [-0.15, -0.1) is 11.3 Å². The van der Waals surface area contributed by atoms with E-state index in [9.17, 15) is 0 Å². The average molecular weight is 298 g/mol. The van der Waals surface area contributed by atoms with E-state index in [4.69, 9.17) is 0 Å². The Labute approximate surface area is 128 Å². The molecule has 0 aliphatic heterocycles. The Bertz CT molecular complexity index is 751. The predicted molar refractivity (Wildman–Crippen MR) is 88.8 cm³/mol. The van der Waals surface area contributed by atoms with E-state index in [1.165, 1.54) is 4.70 Å². The summed E-state index contributed by atoms with van der Waals surface area (Å²) in [7, 11) is 0. The van der Waals surface area contributed by atoms with E-state index in [1.807, 2.05) is 18.3 Å². The summed E-state index contributed by atoms with van der Waals surface area (Å²) in [6.45, 7) is 5.17. The number of hydrogen-bond acceptors (Lipinski definition) is 5. The van der Waals surface area contributed by atoms with Crippen molar-refractivity contribution in [1.82, 2.24) is 15.0 Å². The highest BCUT2D eigenvalue weighted by atomic mass is 32.1. The molecule has 3 rings (SSSR count). The van der Waals surface area contributed by atoms with Gasteiger partial charge in [-0.1, -0.05) is 13.8 Å². The monoisotopic (exact) mass is 298 g/mol. The fourth-order valence-electron chi connectivity index (χ4n) is 2.12. The average Bonchev–Trinajstić information content (AvgIpc) is 3.00.